The number of carbonyl (C=O) groups is 1. The second-order valence-electron chi connectivity index (χ2n) is 13.8. The van der Waals surface area contributed by atoms with Crippen molar-refractivity contribution in [3.63, 3.8) is 0 Å². The first-order valence-corrected chi connectivity index (χ1v) is 15.4. The van der Waals surface area contributed by atoms with Gasteiger partial charge in [-0.05, 0) is 63.5 Å². The summed E-state index contributed by atoms with van der Waals surface area (Å²) in [5.41, 5.74) is -6.24. The molecule has 2 atom stereocenters. The third-order valence-corrected chi connectivity index (χ3v) is 8.04. The summed E-state index contributed by atoms with van der Waals surface area (Å²) >= 11 is 0. The van der Waals surface area contributed by atoms with Gasteiger partial charge in [0.15, 0.2) is 5.69 Å². The van der Waals surface area contributed by atoms with Gasteiger partial charge in [-0.25, -0.2) is 9.78 Å². The van der Waals surface area contributed by atoms with Crippen LogP contribution in [0.2, 0.25) is 0 Å². The molecule has 0 saturated carbocycles. The minimum atomic E-state index is -5.06. The van der Waals surface area contributed by atoms with Crippen LogP contribution in [0.1, 0.15) is 77.3 Å². The van der Waals surface area contributed by atoms with E-state index >= 15 is 13.2 Å². The zero-order valence-electron chi connectivity index (χ0n) is 27.1. The highest BCUT2D eigenvalue weighted by molar-refractivity contribution is 5.90. The molecule has 1 amide bonds. The van der Waals surface area contributed by atoms with Crippen LogP contribution < -0.4 is 10.2 Å². The van der Waals surface area contributed by atoms with Gasteiger partial charge >= 0.3 is 18.4 Å². The SMILES string of the molecule is CC1(C)CC2C/C=C\CCC(OCc3ccccc3)(C(F)(F)F)c3nnc(o3)-c3nc(c(C(F)(F)F)cc3NC(=O)OC(C)(C)C)N2C1. The number of ether oxygens (including phenoxy) is 2. The van der Waals surface area contributed by atoms with Gasteiger partial charge in [-0.2, -0.15) is 26.3 Å². The van der Waals surface area contributed by atoms with E-state index in [2.05, 4.69) is 20.5 Å². The number of hydrogen-bond donors (Lipinski definition) is 1. The average Bonchev–Trinajstić information content (AvgIpc) is 3.56. The lowest BCUT2D eigenvalue weighted by Gasteiger charge is -2.32. The molecule has 1 aromatic carbocycles. The van der Waals surface area contributed by atoms with Gasteiger partial charge in [0.25, 0.3) is 11.8 Å². The number of alkyl halides is 6. The molecule has 3 aromatic rings. The maximum atomic E-state index is 15.1. The summed E-state index contributed by atoms with van der Waals surface area (Å²) in [6.45, 7) is 8.25. The summed E-state index contributed by atoms with van der Waals surface area (Å²) in [5.74, 6) is -2.08. The van der Waals surface area contributed by atoms with Crippen LogP contribution in [0, 0.1) is 5.41 Å². The summed E-state index contributed by atoms with van der Waals surface area (Å²) in [6.07, 6.45) is -7.91. The van der Waals surface area contributed by atoms with Crippen LogP contribution in [-0.4, -0.2) is 45.6 Å². The molecule has 48 heavy (non-hydrogen) atoms. The Morgan fingerprint density at radius 2 is 1.77 bits per heavy atom. The van der Waals surface area contributed by atoms with Crippen LogP contribution in [0.4, 0.5) is 42.6 Å². The number of rotatable bonds is 4. The average molecular weight is 682 g/mol. The van der Waals surface area contributed by atoms with Crippen molar-refractivity contribution in [1.29, 1.82) is 0 Å². The zero-order valence-corrected chi connectivity index (χ0v) is 27.1. The first-order valence-electron chi connectivity index (χ1n) is 15.4. The maximum absolute atomic E-state index is 15.1. The predicted octanol–water partition coefficient (Wildman–Crippen LogP) is 8.82. The number of halogens is 6. The fourth-order valence-corrected chi connectivity index (χ4v) is 5.97. The lowest BCUT2D eigenvalue weighted by atomic mass is 9.90. The highest BCUT2D eigenvalue weighted by Gasteiger charge is 2.61. The largest absolute Gasteiger partial charge is 0.444 e. The molecule has 260 valence electrons. The number of amides is 1. The van der Waals surface area contributed by atoms with Crippen LogP contribution in [-0.2, 0) is 27.9 Å². The third-order valence-electron chi connectivity index (χ3n) is 8.04. The summed E-state index contributed by atoms with van der Waals surface area (Å²) < 4.78 is 106. The molecule has 1 fully saturated rings. The molecule has 15 heteroatoms. The fourth-order valence-electron chi connectivity index (χ4n) is 5.97. The van der Waals surface area contributed by atoms with Crippen molar-refractivity contribution in [1.82, 2.24) is 15.2 Å². The second-order valence-corrected chi connectivity index (χ2v) is 13.8. The Morgan fingerprint density at radius 3 is 2.42 bits per heavy atom. The summed E-state index contributed by atoms with van der Waals surface area (Å²) in [4.78, 5) is 18.7. The van der Waals surface area contributed by atoms with E-state index in [4.69, 9.17) is 13.9 Å². The van der Waals surface area contributed by atoms with Gasteiger partial charge in [-0.1, -0.05) is 56.3 Å². The highest BCUT2D eigenvalue weighted by atomic mass is 19.4. The standard InChI is InChI=1S/C33H37F6N5O4/c1-29(2,3)48-28(45)40-23-16-22(32(34,35)36)25-41-24(23)26-42-43-27(47-26)31(33(37,38)39,46-18-20-12-8-6-9-13-20)15-11-7-10-14-21-17-30(4,5)19-44(21)25/h6-10,12-13,16,21H,11,14-15,17-19H2,1-5H3,(H,40,45)/b10-7-. The minimum absolute atomic E-state index is 0.120. The molecule has 5 rings (SSSR count). The topological polar surface area (TPSA) is 103 Å². The van der Waals surface area contributed by atoms with E-state index in [1.807, 2.05) is 13.8 Å². The molecule has 9 nitrogen and oxygen atoms in total. The van der Waals surface area contributed by atoms with E-state index in [9.17, 15) is 18.0 Å². The van der Waals surface area contributed by atoms with Crippen molar-refractivity contribution in [2.45, 2.75) is 96.5 Å². The smallest absolute Gasteiger partial charge is 0.426 e. The first-order chi connectivity index (χ1) is 22.3. The maximum Gasteiger partial charge on any atom is 0.426 e. The number of allylic oxidation sites excluding steroid dienone is 1. The van der Waals surface area contributed by atoms with E-state index in [0.29, 0.717) is 18.1 Å². The Kier molecular flexibility index (Phi) is 9.32. The Balaban J connectivity index is 1.72. The number of pyridine rings is 1. The quantitative estimate of drug-likeness (QED) is 0.215. The summed E-state index contributed by atoms with van der Waals surface area (Å²) in [7, 11) is 0. The van der Waals surface area contributed by atoms with E-state index < -0.39 is 88.7 Å². The van der Waals surface area contributed by atoms with Gasteiger partial charge in [0, 0.05) is 12.6 Å². The van der Waals surface area contributed by atoms with E-state index in [1.165, 1.54) is 0 Å². The number of nitrogens with one attached hydrogen (secondary N) is 1. The van der Waals surface area contributed by atoms with Gasteiger partial charge in [-0.3, -0.25) is 5.32 Å². The van der Waals surface area contributed by atoms with Gasteiger partial charge in [-0.15, -0.1) is 10.2 Å². The van der Waals surface area contributed by atoms with Crippen molar-refractivity contribution in [2.75, 3.05) is 16.8 Å². The molecule has 2 aliphatic heterocycles. The Bertz CT molecular complexity index is 1650. The van der Waals surface area contributed by atoms with Gasteiger partial charge in [0.2, 0.25) is 5.60 Å². The molecule has 4 bridgehead atoms. The second kappa shape index (κ2) is 12.7. The molecular formula is C33H37F6N5O4. The van der Waals surface area contributed by atoms with Crippen LogP contribution in [0.15, 0.2) is 53.0 Å². The molecular weight excluding hydrogens is 644 g/mol. The molecule has 1 N–H and O–H groups in total. The number of fused-ring (bicyclic) bond motifs is 7. The molecule has 2 aromatic heterocycles. The number of anilines is 2. The molecule has 2 aliphatic rings. The van der Waals surface area contributed by atoms with Crippen molar-refractivity contribution >= 4 is 17.6 Å². The van der Waals surface area contributed by atoms with Crippen molar-refractivity contribution in [3.05, 3.63) is 65.6 Å². The van der Waals surface area contributed by atoms with Crippen LogP contribution >= 0.6 is 0 Å². The Hall–Kier alpha value is -4.14. The van der Waals surface area contributed by atoms with Crippen molar-refractivity contribution in [3.8, 4) is 11.6 Å². The van der Waals surface area contributed by atoms with Gasteiger partial charge in [0.05, 0.1) is 12.3 Å². The van der Waals surface area contributed by atoms with Crippen molar-refractivity contribution < 1.29 is 45.0 Å². The number of carbonyl (C=O) groups excluding carboxylic acids is 1. The van der Waals surface area contributed by atoms with Gasteiger partial charge < -0.3 is 18.8 Å². The number of aromatic nitrogens is 3. The minimum Gasteiger partial charge on any atom is -0.444 e. The van der Waals surface area contributed by atoms with E-state index in [1.54, 1.807) is 68.2 Å². The van der Waals surface area contributed by atoms with E-state index in [0.717, 1.165) is 0 Å². The molecule has 0 spiro atoms. The third kappa shape index (κ3) is 7.61. The number of benzene rings is 1. The lowest BCUT2D eigenvalue weighted by molar-refractivity contribution is -0.299. The molecule has 0 radical (unpaired) electrons. The van der Waals surface area contributed by atoms with Crippen molar-refractivity contribution in [2.24, 2.45) is 5.41 Å². The van der Waals surface area contributed by atoms with Crippen LogP contribution in [0.5, 0.6) is 0 Å². The lowest BCUT2D eigenvalue weighted by Crippen LogP contribution is -2.45. The highest BCUT2D eigenvalue weighted by Crippen LogP contribution is 2.49. The zero-order chi connectivity index (χ0) is 35.1. The predicted molar refractivity (Wildman–Crippen MR) is 164 cm³/mol. The number of nitrogens with zero attached hydrogens (tertiary/aromatic N) is 4. The molecule has 1 saturated heterocycles. The Labute approximate surface area is 273 Å². The molecule has 2 unspecified atom stereocenters. The fraction of sp³-hybridized carbons (Fsp3) is 0.515. The summed E-state index contributed by atoms with van der Waals surface area (Å²) in [6, 6.07) is 8.41. The molecule has 4 heterocycles. The van der Waals surface area contributed by atoms with Crippen LogP contribution in [0.25, 0.3) is 11.6 Å². The normalized spacial score (nSPS) is 22.1. The van der Waals surface area contributed by atoms with Crippen LogP contribution in [0.3, 0.4) is 0 Å². The monoisotopic (exact) mass is 681 g/mol. The Morgan fingerprint density at radius 1 is 1.06 bits per heavy atom. The van der Waals surface area contributed by atoms with Gasteiger partial charge in [0.1, 0.15) is 17.0 Å². The van der Waals surface area contributed by atoms with E-state index in [-0.39, 0.29) is 19.4 Å². The number of hydrogen-bond acceptors (Lipinski definition) is 8. The molecule has 0 aliphatic carbocycles. The summed E-state index contributed by atoms with van der Waals surface area (Å²) in [5, 5.41) is 9.82. The first kappa shape index (κ1) is 35.2.